The lowest BCUT2D eigenvalue weighted by molar-refractivity contribution is 0.0855. The first-order chi connectivity index (χ1) is 6.72. The van der Waals surface area contributed by atoms with Gasteiger partial charge in [0.2, 0.25) is 5.28 Å². The minimum absolute atomic E-state index is 0.161. The summed E-state index contributed by atoms with van der Waals surface area (Å²) in [4.78, 5) is 7.78. The number of anilines is 1. The Morgan fingerprint density at radius 3 is 3.07 bits per heavy atom. The molecule has 0 aliphatic rings. The molecule has 14 heavy (non-hydrogen) atoms. The minimum atomic E-state index is 0.161. The van der Waals surface area contributed by atoms with Crippen LogP contribution in [0.15, 0.2) is 12.3 Å². The van der Waals surface area contributed by atoms with Crippen LogP contribution in [0.4, 0.5) is 5.82 Å². The molecule has 1 N–H and O–H groups in total. The molecule has 0 aromatic carbocycles. The Labute approximate surface area is 88.7 Å². The average molecular weight is 216 g/mol. The molecule has 1 rings (SSSR count). The van der Waals surface area contributed by atoms with E-state index in [1.54, 1.807) is 12.3 Å². The molecule has 0 radical (unpaired) electrons. The van der Waals surface area contributed by atoms with E-state index >= 15 is 0 Å². The zero-order valence-corrected chi connectivity index (χ0v) is 9.08. The van der Waals surface area contributed by atoms with E-state index < -0.39 is 0 Å². The van der Waals surface area contributed by atoms with Crippen molar-refractivity contribution < 1.29 is 4.74 Å². The fraction of sp³-hybridized carbons (Fsp3) is 0.556. The maximum absolute atomic E-state index is 5.63. The maximum Gasteiger partial charge on any atom is 0.224 e. The van der Waals surface area contributed by atoms with Crippen LogP contribution in [0.25, 0.3) is 0 Å². The molecule has 0 spiro atoms. The Morgan fingerprint density at radius 2 is 2.43 bits per heavy atom. The van der Waals surface area contributed by atoms with Crippen LogP contribution in [-0.2, 0) is 4.74 Å². The second kappa shape index (κ2) is 5.78. The van der Waals surface area contributed by atoms with E-state index in [1.165, 1.54) is 0 Å². The lowest BCUT2D eigenvalue weighted by Gasteiger charge is -2.12. The van der Waals surface area contributed by atoms with Crippen molar-refractivity contribution in [2.24, 2.45) is 0 Å². The van der Waals surface area contributed by atoms with Crippen LogP contribution in [0.2, 0.25) is 5.28 Å². The molecule has 1 aromatic rings. The molecule has 0 saturated heterocycles. The van der Waals surface area contributed by atoms with Crippen LogP contribution in [0.5, 0.6) is 0 Å². The number of nitrogens with one attached hydrogen (secondary N) is 1. The predicted octanol–water partition coefficient (Wildman–Crippen LogP) is 1.97. The first kappa shape index (κ1) is 11.2. The quantitative estimate of drug-likeness (QED) is 0.763. The first-order valence-electron chi connectivity index (χ1n) is 4.56. The highest BCUT2D eigenvalue weighted by Gasteiger charge is 2.01. The SMILES string of the molecule is CCOC(C)CNc1ccnc(Cl)n1. The Balaban J connectivity index is 2.37. The van der Waals surface area contributed by atoms with Gasteiger partial charge in [-0.2, -0.15) is 0 Å². The van der Waals surface area contributed by atoms with Crippen LogP contribution in [0.3, 0.4) is 0 Å². The number of hydrogen-bond acceptors (Lipinski definition) is 4. The molecule has 0 aliphatic heterocycles. The second-order valence-corrected chi connectivity index (χ2v) is 3.20. The van der Waals surface area contributed by atoms with E-state index in [4.69, 9.17) is 16.3 Å². The third kappa shape index (κ3) is 3.89. The third-order valence-corrected chi connectivity index (χ3v) is 1.83. The molecule has 0 fully saturated rings. The Kier molecular flexibility index (Phi) is 4.62. The van der Waals surface area contributed by atoms with Gasteiger partial charge in [-0.1, -0.05) is 0 Å². The summed E-state index contributed by atoms with van der Waals surface area (Å²) in [6.07, 6.45) is 1.77. The van der Waals surface area contributed by atoms with Gasteiger partial charge in [0.05, 0.1) is 6.10 Å². The fourth-order valence-electron chi connectivity index (χ4n) is 1.03. The number of halogens is 1. The van der Waals surface area contributed by atoms with Gasteiger partial charge in [-0.15, -0.1) is 0 Å². The molecule has 78 valence electrons. The van der Waals surface area contributed by atoms with E-state index in [-0.39, 0.29) is 11.4 Å². The standard InChI is InChI=1S/C9H14ClN3O/c1-3-14-7(2)6-12-8-4-5-11-9(10)13-8/h4-5,7H,3,6H2,1-2H3,(H,11,12,13). The van der Waals surface area contributed by atoms with Crippen LogP contribution in [0.1, 0.15) is 13.8 Å². The number of ether oxygens (including phenoxy) is 1. The number of hydrogen-bond donors (Lipinski definition) is 1. The van der Waals surface area contributed by atoms with E-state index in [9.17, 15) is 0 Å². The van der Waals surface area contributed by atoms with Crippen LogP contribution < -0.4 is 5.32 Å². The predicted molar refractivity (Wildman–Crippen MR) is 56.6 cm³/mol. The van der Waals surface area contributed by atoms with Gasteiger partial charge in [0, 0.05) is 19.3 Å². The van der Waals surface area contributed by atoms with E-state index in [2.05, 4.69) is 15.3 Å². The molecule has 5 heteroatoms. The van der Waals surface area contributed by atoms with Crippen molar-refractivity contribution in [2.75, 3.05) is 18.5 Å². The zero-order chi connectivity index (χ0) is 10.4. The van der Waals surface area contributed by atoms with Gasteiger partial charge in [-0.05, 0) is 31.5 Å². The highest BCUT2D eigenvalue weighted by molar-refractivity contribution is 6.28. The van der Waals surface area contributed by atoms with Crippen LogP contribution >= 0.6 is 11.6 Å². The molecule has 0 saturated carbocycles. The summed E-state index contributed by atoms with van der Waals surface area (Å²) in [7, 11) is 0. The van der Waals surface area contributed by atoms with E-state index in [0.29, 0.717) is 13.2 Å². The molecule has 1 aromatic heterocycles. The molecule has 0 aliphatic carbocycles. The zero-order valence-electron chi connectivity index (χ0n) is 8.33. The summed E-state index contributed by atoms with van der Waals surface area (Å²) < 4.78 is 5.35. The molecular weight excluding hydrogens is 202 g/mol. The van der Waals surface area contributed by atoms with Gasteiger partial charge in [0.15, 0.2) is 0 Å². The van der Waals surface area contributed by atoms with E-state index in [0.717, 1.165) is 5.82 Å². The normalized spacial score (nSPS) is 12.5. The van der Waals surface area contributed by atoms with E-state index in [1.807, 2.05) is 13.8 Å². The first-order valence-corrected chi connectivity index (χ1v) is 4.94. The van der Waals surface area contributed by atoms with Gasteiger partial charge in [-0.3, -0.25) is 0 Å². The van der Waals surface area contributed by atoms with Crippen LogP contribution in [0, 0.1) is 0 Å². The lowest BCUT2D eigenvalue weighted by atomic mass is 10.4. The summed E-state index contributed by atoms with van der Waals surface area (Å²) >= 11 is 5.63. The molecule has 0 bridgehead atoms. The van der Waals surface area contributed by atoms with Crippen LogP contribution in [-0.4, -0.2) is 29.2 Å². The van der Waals surface area contributed by atoms with Gasteiger partial charge in [0.25, 0.3) is 0 Å². The smallest absolute Gasteiger partial charge is 0.224 e. The summed E-state index contributed by atoms with van der Waals surface area (Å²) in [5.74, 6) is 0.719. The van der Waals surface area contributed by atoms with Crippen molar-refractivity contribution >= 4 is 17.4 Å². The number of nitrogens with zero attached hydrogens (tertiary/aromatic N) is 2. The maximum atomic E-state index is 5.63. The highest BCUT2D eigenvalue weighted by Crippen LogP contribution is 2.05. The van der Waals surface area contributed by atoms with Crippen molar-refractivity contribution in [3.63, 3.8) is 0 Å². The summed E-state index contributed by atoms with van der Waals surface area (Å²) in [6.45, 7) is 5.39. The Morgan fingerprint density at radius 1 is 1.64 bits per heavy atom. The average Bonchev–Trinajstić information content (AvgIpc) is 2.15. The summed E-state index contributed by atoms with van der Waals surface area (Å²) in [5, 5.41) is 3.36. The monoisotopic (exact) mass is 215 g/mol. The highest BCUT2D eigenvalue weighted by atomic mass is 35.5. The summed E-state index contributed by atoms with van der Waals surface area (Å²) in [5.41, 5.74) is 0. The third-order valence-electron chi connectivity index (χ3n) is 1.65. The number of aromatic nitrogens is 2. The minimum Gasteiger partial charge on any atom is -0.377 e. The fourth-order valence-corrected chi connectivity index (χ4v) is 1.17. The van der Waals surface area contributed by atoms with Crippen molar-refractivity contribution in [2.45, 2.75) is 20.0 Å². The van der Waals surface area contributed by atoms with Gasteiger partial charge in [-0.25, -0.2) is 9.97 Å². The van der Waals surface area contributed by atoms with Crippen molar-refractivity contribution in [3.8, 4) is 0 Å². The Hall–Kier alpha value is -0.870. The molecule has 1 heterocycles. The van der Waals surface area contributed by atoms with Crippen molar-refractivity contribution in [3.05, 3.63) is 17.5 Å². The number of rotatable bonds is 5. The van der Waals surface area contributed by atoms with Crippen molar-refractivity contribution in [1.29, 1.82) is 0 Å². The molecular formula is C9H14ClN3O. The van der Waals surface area contributed by atoms with Gasteiger partial charge < -0.3 is 10.1 Å². The van der Waals surface area contributed by atoms with Gasteiger partial charge >= 0.3 is 0 Å². The molecule has 1 unspecified atom stereocenters. The molecule has 0 amide bonds. The molecule has 1 atom stereocenters. The second-order valence-electron chi connectivity index (χ2n) is 2.86. The lowest BCUT2D eigenvalue weighted by Crippen LogP contribution is -2.20. The van der Waals surface area contributed by atoms with Gasteiger partial charge in [0.1, 0.15) is 5.82 Å². The topological polar surface area (TPSA) is 47.0 Å². The van der Waals surface area contributed by atoms with Crippen molar-refractivity contribution in [1.82, 2.24) is 9.97 Å². The summed E-state index contributed by atoms with van der Waals surface area (Å²) in [6, 6.07) is 1.77. The Bertz CT molecular complexity index is 283. The largest absolute Gasteiger partial charge is 0.377 e. The molecule has 4 nitrogen and oxygen atoms in total.